The predicted octanol–water partition coefficient (Wildman–Crippen LogP) is 6.24. The minimum atomic E-state index is -0.697. The number of carbonyl (C=O) groups is 3. The van der Waals surface area contributed by atoms with Gasteiger partial charge < -0.3 is 10.1 Å². The van der Waals surface area contributed by atoms with E-state index >= 15 is 0 Å². The third kappa shape index (κ3) is 5.66. The third-order valence-corrected chi connectivity index (χ3v) is 7.03. The lowest BCUT2D eigenvalue weighted by Crippen LogP contribution is -2.34. The van der Waals surface area contributed by atoms with Crippen LogP contribution >= 0.6 is 0 Å². The average molecular weight is 571 g/mol. The first kappa shape index (κ1) is 27.3. The summed E-state index contributed by atoms with van der Waals surface area (Å²) in [5.74, 6) is -0.399. The van der Waals surface area contributed by atoms with Gasteiger partial charge in [0.2, 0.25) is 5.95 Å². The zero-order chi connectivity index (χ0) is 29.8. The van der Waals surface area contributed by atoms with Crippen LogP contribution in [-0.4, -0.2) is 44.4 Å². The van der Waals surface area contributed by atoms with Crippen LogP contribution in [0.2, 0.25) is 0 Å². The fourth-order valence-electron chi connectivity index (χ4n) is 4.86. The van der Waals surface area contributed by atoms with E-state index < -0.39 is 18.0 Å². The summed E-state index contributed by atoms with van der Waals surface area (Å²) in [7, 11) is 0. The molecule has 0 bridgehead atoms. The molecule has 0 saturated carbocycles. The van der Waals surface area contributed by atoms with Gasteiger partial charge in [0.25, 0.3) is 11.8 Å². The first-order chi connectivity index (χ1) is 21.0. The lowest BCUT2D eigenvalue weighted by molar-refractivity contribution is 0.0773. The van der Waals surface area contributed by atoms with E-state index in [-0.39, 0.29) is 18.1 Å². The molecule has 0 spiro atoms. The molecule has 1 unspecified atom stereocenters. The van der Waals surface area contributed by atoms with Gasteiger partial charge in [0, 0.05) is 35.4 Å². The van der Waals surface area contributed by atoms with Gasteiger partial charge in [0.1, 0.15) is 12.6 Å². The number of nitrogens with one attached hydrogen (secondary N) is 1. The number of aromatic nitrogens is 3. The zero-order valence-corrected chi connectivity index (χ0v) is 23.1. The van der Waals surface area contributed by atoms with Gasteiger partial charge in [0.05, 0.1) is 17.6 Å². The van der Waals surface area contributed by atoms with Gasteiger partial charge >= 0.3 is 6.09 Å². The van der Waals surface area contributed by atoms with E-state index in [0.29, 0.717) is 17.2 Å². The Morgan fingerprint density at radius 1 is 0.884 bits per heavy atom. The summed E-state index contributed by atoms with van der Waals surface area (Å²) in [6.07, 6.45) is 6.03. The summed E-state index contributed by atoms with van der Waals surface area (Å²) in [6, 6.07) is 25.9. The predicted molar refractivity (Wildman–Crippen MR) is 160 cm³/mol. The molecule has 5 aromatic rings. The van der Waals surface area contributed by atoms with Gasteiger partial charge in [-0.05, 0) is 72.6 Å². The number of ether oxygens (including phenoxy) is 1. The van der Waals surface area contributed by atoms with Crippen LogP contribution in [0.5, 0.6) is 0 Å². The van der Waals surface area contributed by atoms with E-state index in [1.807, 2.05) is 72.5 Å². The molecule has 1 aliphatic heterocycles. The van der Waals surface area contributed by atoms with Gasteiger partial charge in [-0.15, -0.1) is 0 Å². The highest BCUT2D eigenvalue weighted by atomic mass is 16.6. The molecule has 0 aliphatic carbocycles. The minimum absolute atomic E-state index is 0.0855. The van der Waals surface area contributed by atoms with Crippen molar-refractivity contribution >= 4 is 40.9 Å². The van der Waals surface area contributed by atoms with Crippen LogP contribution in [0.3, 0.4) is 0 Å². The Balaban J connectivity index is 1.22. The number of amides is 3. The number of imide groups is 1. The van der Waals surface area contributed by atoms with Crippen LogP contribution in [0.1, 0.15) is 37.9 Å². The molecule has 1 atom stereocenters. The Morgan fingerprint density at radius 3 is 2.35 bits per heavy atom. The van der Waals surface area contributed by atoms with Crippen LogP contribution < -0.4 is 10.2 Å². The molecule has 1 fully saturated rings. The van der Waals surface area contributed by atoms with E-state index in [1.165, 1.54) is 12.1 Å². The maximum atomic E-state index is 13.3. The average Bonchev–Trinajstić information content (AvgIpc) is 3.45. The molecule has 3 amide bonds. The number of cyclic esters (lactones) is 1. The van der Waals surface area contributed by atoms with Gasteiger partial charge in [-0.25, -0.2) is 19.7 Å². The Bertz CT molecular complexity index is 1730. The van der Waals surface area contributed by atoms with E-state index in [4.69, 9.17) is 4.74 Å². The molecule has 1 saturated heterocycles. The SMILES string of the molecule is Cc1ccc(NC(=O)c2ccc(C(=O)N3C(=O)OCC3c3ccccc3)cc2)cc1N(c1cccnc1)c1ncccn1. The van der Waals surface area contributed by atoms with Crippen LogP contribution in [-0.2, 0) is 4.74 Å². The molecule has 6 rings (SSSR count). The Labute approximate surface area is 247 Å². The fraction of sp³-hybridized carbons (Fsp3) is 0.0909. The number of pyridine rings is 1. The Hall–Kier alpha value is -5.90. The lowest BCUT2D eigenvalue weighted by Gasteiger charge is -2.24. The highest BCUT2D eigenvalue weighted by Gasteiger charge is 2.39. The maximum absolute atomic E-state index is 13.3. The van der Waals surface area contributed by atoms with Crippen molar-refractivity contribution in [2.75, 3.05) is 16.8 Å². The second-order valence-corrected chi connectivity index (χ2v) is 9.81. The molecule has 212 valence electrons. The molecular formula is C33H26N6O4. The normalized spacial score (nSPS) is 14.2. The summed E-state index contributed by atoms with van der Waals surface area (Å²) < 4.78 is 5.18. The molecule has 3 aromatic carbocycles. The number of benzene rings is 3. The minimum Gasteiger partial charge on any atom is -0.446 e. The van der Waals surface area contributed by atoms with Crippen molar-refractivity contribution < 1.29 is 19.1 Å². The molecule has 10 nitrogen and oxygen atoms in total. The van der Waals surface area contributed by atoms with Crippen molar-refractivity contribution in [3.05, 3.63) is 138 Å². The van der Waals surface area contributed by atoms with Crippen LogP contribution in [0.15, 0.2) is 116 Å². The summed E-state index contributed by atoms with van der Waals surface area (Å²) >= 11 is 0. The van der Waals surface area contributed by atoms with Crippen LogP contribution in [0.4, 0.5) is 27.8 Å². The lowest BCUT2D eigenvalue weighted by atomic mass is 10.1. The fourth-order valence-corrected chi connectivity index (χ4v) is 4.86. The number of anilines is 4. The Morgan fingerprint density at radius 2 is 1.63 bits per heavy atom. The second kappa shape index (κ2) is 11.9. The molecule has 0 radical (unpaired) electrons. The molecule has 2 aromatic heterocycles. The maximum Gasteiger partial charge on any atom is 0.417 e. The topological polar surface area (TPSA) is 118 Å². The first-order valence-electron chi connectivity index (χ1n) is 13.5. The van der Waals surface area contributed by atoms with Crippen LogP contribution in [0, 0.1) is 6.92 Å². The number of rotatable bonds is 7. The standard InChI is InChI=1S/C33H26N6O4/c1-22-10-15-26(19-28(22)38(27-9-5-16-34-20-27)32-35-17-6-18-36-32)37-30(40)24-11-13-25(14-12-24)31(41)39-29(21-43-33(39)42)23-7-3-2-4-8-23/h2-20,29H,21H2,1H3,(H,37,40). The van der Waals surface area contributed by atoms with Gasteiger partial charge in [-0.2, -0.15) is 0 Å². The molecule has 10 heteroatoms. The number of nitrogens with zero attached hydrogens (tertiary/aromatic N) is 5. The van der Waals surface area contributed by atoms with E-state index in [2.05, 4.69) is 20.3 Å². The smallest absolute Gasteiger partial charge is 0.417 e. The third-order valence-electron chi connectivity index (χ3n) is 7.03. The summed E-state index contributed by atoms with van der Waals surface area (Å²) in [5.41, 5.74) is 4.44. The zero-order valence-electron chi connectivity index (χ0n) is 23.1. The largest absolute Gasteiger partial charge is 0.446 e. The first-order valence-corrected chi connectivity index (χ1v) is 13.5. The second-order valence-electron chi connectivity index (χ2n) is 9.81. The van der Waals surface area contributed by atoms with Crippen molar-refractivity contribution in [2.45, 2.75) is 13.0 Å². The van der Waals surface area contributed by atoms with Crippen molar-refractivity contribution in [1.82, 2.24) is 19.9 Å². The van der Waals surface area contributed by atoms with E-state index in [9.17, 15) is 14.4 Å². The Kier molecular flexibility index (Phi) is 7.56. The summed E-state index contributed by atoms with van der Waals surface area (Å²) in [4.78, 5) is 55.0. The van der Waals surface area contributed by atoms with Crippen molar-refractivity contribution in [1.29, 1.82) is 0 Å². The van der Waals surface area contributed by atoms with Crippen molar-refractivity contribution in [2.24, 2.45) is 0 Å². The van der Waals surface area contributed by atoms with Gasteiger partial charge in [0.15, 0.2) is 0 Å². The number of hydrogen-bond acceptors (Lipinski definition) is 8. The molecular weight excluding hydrogens is 544 g/mol. The highest BCUT2D eigenvalue weighted by molar-refractivity contribution is 6.07. The van der Waals surface area contributed by atoms with Gasteiger partial charge in [-0.1, -0.05) is 36.4 Å². The van der Waals surface area contributed by atoms with Crippen molar-refractivity contribution in [3.63, 3.8) is 0 Å². The van der Waals surface area contributed by atoms with Gasteiger partial charge in [-0.3, -0.25) is 19.5 Å². The molecule has 1 aliphatic rings. The monoisotopic (exact) mass is 570 g/mol. The van der Waals surface area contributed by atoms with E-state index in [1.54, 1.807) is 43.0 Å². The molecule has 43 heavy (non-hydrogen) atoms. The highest BCUT2D eigenvalue weighted by Crippen LogP contribution is 2.35. The quantitative estimate of drug-likeness (QED) is 0.245. The summed E-state index contributed by atoms with van der Waals surface area (Å²) in [5, 5.41) is 2.93. The molecule has 1 N–H and O–H groups in total. The van der Waals surface area contributed by atoms with Crippen LogP contribution in [0.25, 0.3) is 0 Å². The summed E-state index contributed by atoms with van der Waals surface area (Å²) in [6.45, 7) is 2.05. The number of aryl methyl sites for hydroxylation is 1. The molecule has 3 heterocycles. The van der Waals surface area contributed by atoms with E-state index in [0.717, 1.165) is 27.4 Å². The number of carbonyl (C=O) groups excluding carboxylic acids is 3. The number of hydrogen-bond donors (Lipinski definition) is 1. The van der Waals surface area contributed by atoms with Crippen molar-refractivity contribution in [3.8, 4) is 0 Å².